The van der Waals surface area contributed by atoms with Crippen LogP contribution in [-0.2, 0) is 0 Å². The van der Waals surface area contributed by atoms with Gasteiger partial charge in [-0.25, -0.2) is 9.97 Å². The standard InChI is InChI=1S/C6H7N2.C3H3N2S/c1-5-3-4-7-6(2)8-5;1-3-5-4-2-6-3/h3H,1-2H3;1H3. The molecule has 0 atom stereocenters. The zero-order valence-electron chi connectivity index (χ0n) is 8.27. The van der Waals surface area contributed by atoms with E-state index in [9.17, 15) is 0 Å². The molecule has 0 unspecified atom stereocenters. The highest BCUT2D eigenvalue weighted by Crippen LogP contribution is 1.93. The zero-order valence-corrected chi connectivity index (χ0v) is 9.09. The van der Waals surface area contributed by atoms with E-state index in [-0.39, 0.29) is 0 Å². The predicted octanol–water partition coefficient (Wildman–Crippen LogP) is 1.54. The summed E-state index contributed by atoms with van der Waals surface area (Å²) in [7, 11) is 0. The van der Waals surface area contributed by atoms with Crippen LogP contribution in [0.1, 0.15) is 16.5 Å². The van der Waals surface area contributed by atoms with Gasteiger partial charge in [0.15, 0.2) is 5.51 Å². The predicted molar refractivity (Wildman–Crippen MR) is 53.8 cm³/mol. The second-order valence-electron chi connectivity index (χ2n) is 2.60. The molecule has 2 heterocycles. The average Bonchev–Trinajstić information content (AvgIpc) is 2.56. The Morgan fingerprint density at radius 3 is 2.36 bits per heavy atom. The van der Waals surface area contributed by atoms with Gasteiger partial charge in [-0.2, -0.15) is 0 Å². The maximum Gasteiger partial charge on any atom is 0.178 e. The normalized spacial score (nSPS) is 9.07. The first-order valence-electron chi connectivity index (χ1n) is 4.03. The van der Waals surface area contributed by atoms with E-state index >= 15 is 0 Å². The topological polar surface area (TPSA) is 51.6 Å². The smallest absolute Gasteiger partial charge is 0.178 e. The summed E-state index contributed by atoms with van der Waals surface area (Å²) in [5, 5.41) is 8.06. The van der Waals surface area contributed by atoms with Crippen LogP contribution < -0.4 is 0 Å². The molecule has 0 bridgehead atoms. The maximum absolute atomic E-state index is 4.03. The van der Waals surface area contributed by atoms with Crippen molar-refractivity contribution >= 4 is 11.3 Å². The molecule has 0 aliphatic carbocycles. The van der Waals surface area contributed by atoms with E-state index in [0.717, 1.165) is 16.5 Å². The number of aryl methyl sites for hydroxylation is 3. The Balaban J connectivity index is 0.000000146. The molecule has 0 aliphatic rings. The summed E-state index contributed by atoms with van der Waals surface area (Å²) < 4.78 is 0. The molecular weight excluding hydrogens is 196 g/mol. The van der Waals surface area contributed by atoms with Crippen molar-refractivity contribution in [3.8, 4) is 0 Å². The first-order valence-corrected chi connectivity index (χ1v) is 4.84. The Labute approximate surface area is 87.1 Å². The summed E-state index contributed by atoms with van der Waals surface area (Å²) in [5.41, 5.74) is 3.58. The van der Waals surface area contributed by atoms with Crippen molar-refractivity contribution in [3.63, 3.8) is 0 Å². The third-order valence-electron chi connectivity index (χ3n) is 1.26. The van der Waals surface area contributed by atoms with Crippen LogP contribution in [0.25, 0.3) is 0 Å². The number of aromatic nitrogens is 4. The van der Waals surface area contributed by atoms with Crippen LogP contribution in [0.3, 0.4) is 0 Å². The summed E-state index contributed by atoms with van der Waals surface area (Å²) in [5.74, 6) is 0.782. The molecule has 0 aromatic carbocycles. The molecule has 4 nitrogen and oxygen atoms in total. The van der Waals surface area contributed by atoms with Gasteiger partial charge in [-0.1, -0.05) is 11.3 Å². The van der Waals surface area contributed by atoms with Crippen molar-refractivity contribution in [3.05, 3.63) is 34.3 Å². The molecule has 5 heteroatoms. The van der Waals surface area contributed by atoms with Crippen LogP contribution in [0.5, 0.6) is 0 Å². The fourth-order valence-electron chi connectivity index (χ4n) is 0.729. The van der Waals surface area contributed by atoms with Gasteiger partial charge in [-0.3, -0.25) is 0 Å². The number of hydrogen-bond acceptors (Lipinski definition) is 5. The van der Waals surface area contributed by atoms with Gasteiger partial charge in [0.25, 0.3) is 0 Å². The van der Waals surface area contributed by atoms with Crippen LogP contribution in [0.4, 0.5) is 0 Å². The third-order valence-corrected chi connectivity index (χ3v) is 1.81. The summed E-state index contributed by atoms with van der Waals surface area (Å²) in [4.78, 5) is 7.84. The Morgan fingerprint density at radius 2 is 2.07 bits per heavy atom. The molecular formula is C9H10N4S. The van der Waals surface area contributed by atoms with Gasteiger partial charge in [0.1, 0.15) is 10.8 Å². The molecule has 0 aliphatic heterocycles. The van der Waals surface area contributed by atoms with Gasteiger partial charge in [0.2, 0.25) is 0 Å². The SMILES string of the molecule is Cc1c[c]nc(C)n1.Cc1nn[c]s1. The van der Waals surface area contributed by atoms with Gasteiger partial charge >= 0.3 is 0 Å². The third kappa shape index (κ3) is 4.04. The molecule has 2 aromatic heterocycles. The van der Waals surface area contributed by atoms with Crippen molar-refractivity contribution < 1.29 is 0 Å². The molecule has 0 N–H and O–H groups in total. The van der Waals surface area contributed by atoms with E-state index in [4.69, 9.17) is 0 Å². The fourth-order valence-corrected chi connectivity index (χ4v) is 1.02. The second kappa shape index (κ2) is 5.39. The molecule has 0 spiro atoms. The first kappa shape index (κ1) is 10.7. The molecule has 2 radical (unpaired) electrons. The Kier molecular flexibility index (Phi) is 4.12. The minimum absolute atomic E-state index is 0.782. The lowest BCUT2D eigenvalue weighted by atomic mass is 10.4. The van der Waals surface area contributed by atoms with Crippen LogP contribution in [0.2, 0.25) is 0 Å². The highest BCUT2D eigenvalue weighted by atomic mass is 32.1. The molecule has 2 rings (SSSR count). The zero-order chi connectivity index (χ0) is 10.4. The largest absolute Gasteiger partial charge is 0.239 e. The summed E-state index contributed by atoms with van der Waals surface area (Å²) in [6.07, 6.45) is 2.72. The molecule has 72 valence electrons. The quantitative estimate of drug-likeness (QED) is 0.656. The van der Waals surface area contributed by atoms with Crippen molar-refractivity contribution in [1.29, 1.82) is 0 Å². The molecule has 2 aromatic rings. The van der Waals surface area contributed by atoms with Gasteiger partial charge in [-0.15, -0.1) is 10.2 Å². The fraction of sp³-hybridized carbons (Fsp3) is 0.333. The van der Waals surface area contributed by atoms with Crippen molar-refractivity contribution in [2.24, 2.45) is 0 Å². The summed E-state index contributed by atoms with van der Waals surface area (Å²) in [6.45, 7) is 5.67. The maximum atomic E-state index is 4.03. The first-order chi connectivity index (χ1) is 6.68. The molecule has 0 fully saturated rings. The van der Waals surface area contributed by atoms with E-state index in [1.54, 1.807) is 6.07 Å². The van der Waals surface area contributed by atoms with E-state index in [1.165, 1.54) is 11.3 Å². The minimum Gasteiger partial charge on any atom is -0.239 e. The number of hydrogen-bond donors (Lipinski definition) is 0. The van der Waals surface area contributed by atoms with Crippen LogP contribution in [-0.4, -0.2) is 20.2 Å². The van der Waals surface area contributed by atoms with Gasteiger partial charge < -0.3 is 0 Å². The summed E-state index contributed by atoms with van der Waals surface area (Å²) >= 11 is 1.43. The monoisotopic (exact) mass is 206 g/mol. The average molecular weight is 206 g/mol. The Morgan fingerprint density at radius 1 is 1.29 bits per heavy atom. The van der Waals surface area contributed by atoms with Gasteiger partial charge in [0, 0.05) is 5.69 Å². The van der Waals surface area contributed by atoms with E-state index in [2.05, 4.69) is 31.9 Å². The molecule has 0 saturated heterocycles. The summed E-state index contributed by atoms with van der Waals surface area (Å²) in [6, 6.07) is 1.76. The number of rotatable bonds is 0. The Bertz CT molecular complexity index is 355. The van der Waals surface area contributed by atoms with Gasteiger partial charge in [-0.05, 0) is 26.8 Å². The van der Waals surface area contributed by atoms with Crippen LogP contribution in [0, 0.1) is 32.5 Å². The highest BCUT2D eigenvalue weighted by Gasteiger charge is 1.84. The van der Waals surface area contributed by atoms with Crippen molar-refractivity contribution in [1.82, 2.24) is 20.2 Å². The molecule has 14 heavy (non-hydrogen) atoms. The molecule has 0 saturated carbocycles. The van der Waals surface area contributed by atoms with Crippen molar-refractivity contribution in [2.75, 3.05) is 0 Å². The number of nitrogens with zero attached hydrogens (tertiary/aromatic N) is 4. The lowest BCUT2D eigenvalue weighted by Gasteiger charge is -1.88. The Hall–Kier alpha value is -1.36. The van der Waals surface area contributed by atoms with Gasteiger partial charge in [0.05, 0.1) is 6.20 Å². The lowest BCUT2D eigenvalue weighted by molar-refractivity contribution is 1.01. The van der Waals surface area contributed by atoms with E-state index in [0.29, 0.717) is 0 Å². The van der Waals surface area contributed by atoms with E-state index < -0.39 is 0 Å². The molecule has 0 amide bonds. The van der Waals surface area contributed by atoms with Crippen LogP contribution in [0.15, 0.2) is 6.07 Å². The lowest BCUT2D eigenvalue weighted by Crippen LogP contribution is -1.87. The second-order valence-corrected chi connectivity index (χ2v) is 3.58. The highest BCUT2D eigenvalue weighted by molar-refractivity contribution is 7.08. The van der Waals surface area contributed by atoms with E-state index in [1.807, 2.05) is 20.8 Å². The van der Waals surface area contributed by atoms with Crippen LogP contribution >= 0.6 is 11.3 Å². The minimum atomic E-state index is 0.782. The van der Waals surface area contributed by atoms with Crippen molar-refractivity contribution in [2.45, 2.75) is 20.8 Å².